The van der Waals surface area contributed by atoms with E-state index in [1.54, 1.807) is 29.8 Å². The number of anilines is 1. The standard InChI is InChI=1S/C14H19N3O2S/c1-3-20(18,19)14-7-5-4-6-13(14)15-9-8-12-10-16-17(2)11-12/h4-7,10-11,15H,3,8-9H2,1-2H3. The fourth-order valence-electron chi connectivity index (χ4n) is 1.98. The number of hydrogen-bond donors (Lipinski definition) is 1. The third-order valence-corrected chi connectivity index (χ3v) is 4.88. The van der Waals surface area contributed by atoms with E-state index in [2.05, 4.69) is 10.4 Å². The molecule has 0 aliphatic carbocycles. The minimum Gasteiger partial charge on any atom is -0.384 e. The first-order valence-corrected chi connectivity index (χ1v) is 8.21. The number of hydrogen-bond acceptors (Lipinski definition) is 4. The Bertz CT molecular complexity index is 677. The molecule has 0 unspecified atom stereocenters. The molecule has 0 bridgehead atoms. The zero-order valence-corrected chi connectivity index (χ0v) is 12.5. The average molecular weight is 293 g/mol. The predicted octanol–water partition coefficient (Wildman–Crippen LogP) is 1.87. The van der Waals surface area contributed by atoms with Gasteiger partial charge in [-0.3, -0.25) is 4.68 Å². The summed E-state index contributed by atoms with van der Waals surface area (Å²) in [6, 6.07) is 7.02. The van der Waals surface area contributed by atoms with Crippen molar-refractivity contribution >= 4 is 15.5 Å². The average Bonchev–Trinajstić information content (AvgIpc) is 2.85. The van der Waals surface area contributed by atoms with E-state index in [0.29, 0.717) is 17.1 Å². The Morgan fingerprint density at radius 1 is 1.30 bits per heavy atom. The second-order valence-electron chi connectivity index (χ2n) is 4.60. The summed E-state index contributed by atoms with van der Waals surface area (Å²) < 4.78 is 25.8. The largest absolute Gasteiger partial charge is 0.384 e. The lowest BCUT2D eigenvalue weighted by atomic mass is 10.2. The normalized spacial score (nSPS) is 11.5. The molecule has 0 saturated heterocycles. The van der Waals surface area contributed by atoms with Crippen molar-refractivity contribution < 1.29 is 8.42 Å². The Morgan fingerprint density at radius 2 is 2.05 bits per heavy atom. The molecule has 1 aromatic carbocycles. The van der Waals surface area contributed by atoms with E-state index in [1.807, 2.05) is 25.5 Å². The van der Waals surface area contributed by atoms with Crippen molar-refractivity contribution in [3.8, 4) is 0 Å². The van der Waals surface area contributed by atoms with E-state index < -0.39 is 9.84 Å². The second-order valence-corrected chi connectivity index (χ2v) is 6.85. The van der Waals surface area contributed by atoms with Crippen LogP contribution >= 0.6 is 0 Å². The van der Waals surface area contributed by atoms with Gasteiger partial charge in [-0.2, -0.15) is 5.10 Å². The first-order chi connectivity index (χ1) is 9.53. The van der Waals surface area contributed by atoms with E-state index in [-0.39, 0.29) is 5.75 Å². The summed E-state index contributed by atoms with van der Waals surface area (Å²) in [5.74, 6) is 0.105. The molecule has 108 valence electrons. The molecule has 0 radical (unpaired) electrons. The lowest BCUT2D eigenvalue weighted by Gasteiger charge is -2.11. The molecule has 0 aliphatic heterocycles. The van der Waals surface area contributed by atoms with Crippen LogP contribution in [0.2, 0.25) is 0 Å². The SMILES string of the molecule is CCS(=O)(=O)c1ccccc1NCCc1cnn(C)c1. The van der Waals surface area contributed by atoms with Crippen molar-refractivity contribution in [1.29, 1.82) is 0 Å². The van der Waals surface area contributed by atoms with Crippen LogP contribution in [-0.4, -0.2) is 30.5 Å². The van der Waals surface area contributed by atoms with Gasteiger partial charge in [0.2, 0.25) is 0 Å². The summed E-state index contributed by atoms with van der Waals surface area (Å²) >= 11 is 0. The molecule has 0 aliphatic rings. The molecule has 6 heteroatoms. The second kappa shape index (κ2) is 6.09. The molecule has 0 fully saturated rings. The molecule has 5 nitrogen and oxygen atoms in total. The van der Waals surface area contributed by atoms with E-state index in [4.69, 9.17) is 0 Å². The van der Waals surface area contributed by atoms with Gasteiger partial charge in [-0.1, -0.05) is 19.1 Å². The summed E-state index contributed by atoms with van der Waals surface area (Å²) in [7, 11) is -1.32. The molecule has 20 heavy (non-hydrogen) atoms. The van der Waals surface area contributed by atoms with Gasteiger partial charge < -0.3 is 5.32 Å². The molecular formula is C14H19N3O2S. The highest BCUT2D eigenvalue weighted by Gasteiger charge is 2.15. The maximum absolute atomic E-state index is 12.0. The summed E-state index contributed by atoms with van der Waals surface area (Å²) in [6.45, 7) is 2.32. The molecule has 2 aromatic rings. The highest BCUT2D eigenvalue weighted by molar-refractivity contribution is 7.91. The number of benzene rings is 1. The van der Waals surface area contributed by atoms with Crippen LogP contribution in [0.5, 0.6) is 0 Å². The third kappa shape index (κ3) is 3.39. The van der Waals surface area contributed by atoms with E-state index in [9.17, 15) is 8.42 Å². The van der Waals surface area contributed by atoms with E-state index >= 15 is 0 Å². The van der Waals surface area contributed by atoms with Gasteiger partial charge in [0, 0.05) is 19.8 Å². The maximum atomic E-state index is 12.0. The third-order valence-electron chi connectivity index (χ3n) is 3.09. The first kappa shape index (κ1) is 14.6. The molecule has 1 heterocycles. The van der Waals surface area contributed by atoms with Crippen LogP contribution in [0, 0.1) is 0 Å². The van der Waals surface area contributed by atoms with Gasteiger partial charge in [0.05, 0.1) is 22.5 Å². The van der Waals surface area contributed by atoms with Gasteiger partial charge >= 0.3 is 0 Å². The van der Waals surface area contributed by atoms with Crippen LogP contribution in [0.15, 0.2) is 41.6 Å². The minimum atomic E-state index is -3.20. The molecule has 1 N–H and O–H groups in total. The number of nitrogens with one attached hydrogen (secondary N) is 1. The molecule has 0 saturated carbocycles. The Labute approximate surface area is 119 Å². The Kier molecular flexibility index (Phi) is 4.44. The number of nitrogens with zero attached hydrogens (tertiary/aromatic N) is 2. The van der Waals surface area contributed by atoms with Crippen molar-refractivity contribution in [3.63, 3.8) is 0 Å². The summed E-state index contributed by atoms with van der Waals surface area (Å²) in [6.07, 6.45) is 4.57. The maximum Gasteiger partial charge on any atom is 0.180 e. The summed E-state index contributed by atoms with van der Waals surface area (Å²) in [5, 5.41) is 7.30. The van der Waals surface area contributed by atoms with Gasteiger partial charge in [-0.25, -0.2) is 8.42 Å². The highest BCUT2D eigenvalue weighted by atomic mass is 32.2. The molecule has 2 rings (SSSR count). The smallest absolute Gasteiger partial charge is 0.180 e. The number of sulfone groups is 1. The van der Waals surface area contributed by atoms with Crippen LogP contribution in [0.4, 0.5) is 5.69 Å². The number of aryl methyl sites for hydroxylation is 1. The van der Waals surface area contributed by atoms with Crippen LogP contribution < -0.4 is 5.32 Å². The van der Waals surface area contributed by atoms with Crippen molar-refractivity contribution in [3.05, 3.63) is 42.2 Å². The quantitative estimate of drug-likeness (QED) is 0.883. The highest BCUT2D eigenvalue weighted by Crippen LogP contribution is 2.21. The molecular weight excluding hydrogens is 274 g/mol. The number of aromatic nitrogens is 2. The van der Waals surface area contributed by atoms with Gasteiger partial charge in [0.1, 0.15) is 0 Å². The van der Waals surface area contributed by atoms with Crippen LogP contribution in [0.25, 0.3) is 0 Å². The lowest BCUT2D eigenvalue weighted by Crippen LogP contribution is -2.11. The van der Waals surface area contributed by atoms with Crippen molar-refractivity contribution in [2.75, 3.05) is 17.6 Å². The molecule has 0 amide bonds. The molecule has 0 atom stereocenters. The topological polar surface area (TPSA) is 64.0 Å². The van der Waals surface area contributed by atoms with Crippen LogP contribution in [0.1, 0.15) is 12.5 Å². The summed E-state index contributed by atoms with van der Waals surface area (Å²) in [4.78, 5) is 0.369. The monoisotopic (exact) mass is 293 g/mol. The fraction of sp³-hybridized carbons (Fsp3) is 0.357. The fourth-order valence-corrected chi connectivity index (χ4v) is 3.05. The number of para-hydroxylation sites is 1. The van der Waals surface area contributed by atoms with E-state index in [0.717, 1.165) is 12.0 Å². The van der Waals surface area contributed by atoms with Gasteiger partial charge in [0.15, 0.2) is 9.84 Å². The van der Waals surface area contributed by atoms with Crippen molar-refractivity contribution in [2.45, 2.75) is 18.2 Å². The van der Waals surface area contributed by atoms with Crippen molar-refractivity contribution in [1.82, 2.24) is 9.78 Å². The van der Waals surface area contributed by atoms with Crippen molar-refractivity contribution in [2.24, 2.45) is 7.05 Å². The zero-order chi connectivity index (χ0) is 14.6. The van der Waals surface area contributed by atoms with Gasteiger partial charge in [-0.05, 0) is 24.1 Å². The van der Waals surface area contributed by atoms with Gasteiger partial charge in [0.25, 0.3) is 0 Å². The molecule has 1 aromatic heterocycles. The Balaban J connectivity index is 2.06. The van der Waals surface area contributed by atoms with Gasteiger partial charge in [-0.15, -0.1) is 0 Å². The Morgan fingerprint density at radius 3 is 2.70 bits per heavy atom. The lowest BCUT2D eigenvalue weighted by molar-refractivity contribution is 0.597. The zero-order valence-electron chi connectivity index (χ0n) is 11.7. The first-order valence-electron chi connectivity index (χ1n) is 6.56. The van der Waals surface area contributed by atoms with Crippen LogP contribution in [-0.2, 0) is 23.3 Å². The summed E-state index contributed by atoms with van der Waals surface area (Å²) in [5.41, 5.74) is 1.79. The number of rotatable bonds is 6. The Hall–Kier alpha value is -1.82. The van der Waals surface area contributed by atoms with Crippen LogP contribution in [0.3, 0.4) is 0 Å². The van der Waals surface area contributed by atoms with E-state index in [1.165, 1.54) is 0 Å². The molecule has 0 spiro atoms. The predicted molar refractivity (Wildman–Crippen MR) is 79.6 cm³/mol. The minimum absolute atomic E-state index is 0.105.